The van der Waals surface area contributed by atoms with E-state index in [1.165, 1.54) is 12.7 Å². The molecule has 0 spiro atoms. The maximum Gasteiger partial charge on any atom is 0.251 e. The van der Waals surface area contributed by atoms with E-state index in [2.05, 4.69) is 20.7 Å². The second-order valence-corrected chi connectivity index (χ2v) is 5.34. The summed E-state index contributed by atoms with van der Waals surface area (Å²) in [5.41, 5.74) is 2.54. The minimum Gasteiger partial charge on any atom is -0.350 e. The predicted octanol–water partition coefficient (Wildman–Crippen LogP) is 1.48. The van der Waals surface area contributed by atoms with E-state index in [-0.39, 0.29) is 18.3 Å². The van der Waals surface area contributed by atoms with E-state index in [9.17, 15) is 4.79 Å². The number of halogens is 1. The van der Waals surface area contributed by atoms with E-state index < -0.39 is 0 Å². The number of aromatic nitrogens is 3. The lowest BCUT2D eigenvalue weighted by Gasteiger charge is -2.13. The number of nitrogens with one attached hydrogen (secondary N) is 2. The number of hydrogen-bond donors (Lipinski definition) is 2. The number of hydrogen-bond acceptors (Lipinski definition) is 4. The topological polar surface area (TPSA) is 71.8 Å². The molecular formula is C15H20ClN5O. The lowest BCUT2D eigenvalue weighted by molar-refractivity contribution is 0.0949. The summed E-state index contributed by atoms with van der Waals surface area (Å²) in [6.45, 7) is 3.67. The number of amides is 1. The zero-order valence-electron chi connectivity index (χ0n) is 12.5. The number of rotatable bonds is 4. The maximum absolute atomic E-state index is 12.2. The highest BCUT2D eigenvalue weighted by atomic mass is 35.5. The summed E-state index contributed by atoms with van der Waals surface area (Å²) in [7, 11) is 0. The molecule has 1 aromatic carbocycles. The van der Waals surface area contributed by atoms with Crippen LogP contribution in [0.3, 0.4) is 0 Å². The van der Waals surface area contributed by atoms with E-state index in [1.54, 1.807) is 11.0 Å². The molecule has 2 aromatic rings. The van der Waals surface area contributed by atoms with Crippen LogP contribution < -0.4 is 10.6 Å². The average Bonchev–Trinajstić information content (AvgIpc) is 3.18. The van der Waals surface area contributed by atoms with Crippen LogP contribution in [0.15, 0.2) is 30.9 Å². The molecule has 0 bridgehead atoms. The SMILES string of the molecule is Cc1cc(-n2cncn2)ccc1C(=O)NCC1CCCN1.Cl. The van der Waals surface area contributed by atoms with Crippen LogP contribution in [-0.4, -0.2) is 39.8 Å². The van der Waals surface area contributed by atoms with Gasteiger partial charge >= 0.3 is 0 Å². The van der Waals surface area contributed by atoms with Gasteiger partial charge in [-0.3, -0.25) is 4.79 Å². The average molecular weight is 322 g/mol. The van der Waals surface area contributed by atoms with Crippen LogP contribution >= 0.6 is 12.4 Å². The van der Waals surface area contributed by atoms with Crippen LogP contribution in [0.2, 0.25) is 0 Å². The zero-order valence-corrected chi connectivity index (χ0v) is 13.3. The van der Waals surface area contributed by atoms with E-state index >= 15 is 0 Å². The Morgan fingerprint density at radius 1 is 1.50 bits per heavy atom. The number of carbonyl (C=O) groups is 1. The van der Waals surface area contributed by atoms with Crippen LogP contribution in [0.25, 0.3) is 5.69 Å². The minimum absolute atomic E-state index is 0. The third-order valence-corrected chi connectivity index (χ3v) is 3.81. The Kier molecular flexibility index (Phi) is 5.51. The van der Waals surface area contributed by atoms with Gasteiger partial charge < -0.3 is 10.6 Å². The van der Waals surface area contributed by atoms with Crippen molar-refractivity contribution in [3.63, 3.8) is 0 Å². The Balaban J connectivity index is 0.00000176. The van der Waals surface area contributed by atoms with Gasteiger partial charge in [-0.15, -0.1) is 12.4 Å². The van der Waals surface area contributed by atoms with Gasteiger partial charge in [0.15, 0.2) is 0 Å². The first-order valence-corrected chi connectivity index (χ1v) is 7.21. The zero-order chi connectivity index (χ0) is 14.7. The van der Waals surface area contributed by atoms with Crippen molar-refractivity contribution in [1.82, 2.24) is 25.4 Å². The molecule has 3 rings (SSSR count). The summed E-state index contributed by atoms with van der Waals surface area (Å²) in [6.07, 6.45) is 5.45. The molecule has 1 saturated heterocycles. The van der Waals surface area contributed by atoms with Crippen molar-refractivity contribution in [3.8, 4) is 5.69 Å². The molecule has 1 fully saturated rings. The quantitative estimate of drug-likeness (QED) is 0.894. The fourth-order valence-corrected chi connectivity index (χ4v) is 2.63. The van der Waals surface area contributed by atoms with Gasteiger partial charge in [0.25, 0.3) is 5.91 Å². The normalized spacial score (nSPS) is 17.0. The summed E-state index contributed by atoms with van der Waals surface area (Å²) < 4.78 is 1.68. The van der Waals surface area contributed by atoms with Crippen molar-refractivity contribution in [2.75, 3.05) is 13.1 Å². The molecule has 2 N–H and O–H groups in total. The van der Waals surface area contributed by atoms with Gasteiger partial charge in [-0.05, 0) is 50.1 Å². The number of benzene rings is 1. The van der Waals surface area contributed by atoms with Crippen molar-refractivity contribution < 1.29 is 4.79 Å². The van der Waals surface area contributed by atoms with Gasteiger partial charge in [0.1, 0.15) is 12.7 Å². The van der Waals surface area contributed by atoms with Gasteiger partial charge in [-0.2, -0.15) is 5.10 Å². The first-order chi connectivity index (χ1) is 10.2. The van der Waals surface area contributed by atoms with Crippen LogP contribution in [0.1, 0.15) is 28.8 Å². The molecule has 0 aliphatic carbocycles. The fraction of sp³-hybridized carbons (Fsp3) is 0.400. The van der Waals surface area contributed by atoms with Gasteiger partial charge in [0, 0.05) is 18.2 Å². The molecule has 6 nitrogen and oxygen atoms in total. The largest absolute Gasteiger partial charge is 0.350 e. The van der Waals surface area contributed by atoms with E-state index in [0.29, 0.717) is 18.2 Å². The molecule has 1 amide bonds. The molecule has 1 aliphatic heterocycles. The smallest absolute Gasteiger partial charge is 0.251 e. The van der Waals surface area contributed by atoms with E-state index in [0.717, 1.165) is 24.2 Å². The van der Waals surface area contributed by atoms with Crippen molar-refractivity contribution in [2.45, 2.75) is 25.8 Å². The number of nitrogens with zero attached hydrogens (tertiary/aromatic N) is 3. The Morgan fingerprint density at radius 3 is 3.00 bits per heavy atom. The number of aryl methyl sites for hydroxylation is 1. The molecule has 118 valence electrons. The summed E-state index contributed by atoms with van der Waals surface area (Å²) in [5.74, 6) is -0.0219. The first-order valence-electron chi connectivity index (χ1n) is 7.21. The Hall–Kier alpha value is -1.92. The lowest BCUT2D eigenvalue weighted by Crippen LogP contribution is -2.37. The molecule has 2 heterocycles. The molecule has 0 radical (unpaired) electrons. The van der Waals surface area contributed by atoms with Crippen LogP contribution in [-0.2, 0) is 0 Å². The third-order valence-electron chi connectivity index (χ3n) is 3.81. The molecule has 1 aromatic heterocycles. The van der Waals surface area contributed by atoms with Crippen LogP contribution in [0.5, 0.6) is 0 Å². The third kappa shape index (κ3) is 3.64. The molecule has 1 atom stereocenters. The second-order valence-electron chi connectivity index (χ2n) is 5.34. The Bertz CT molecular complexity index is 623. The minimum atomic E-state index is -0.0219. The predicted molar refractivity (Wildman–Crippen MR) is 86.7 cm³/mol. The highest BCUT2D eigenvalue weighted by molar-refractivity contribution is 5.95. The molecule has 1 aliphatic rings. The lowest BCUT2D eigenvalue weighted by atomic mass is 10.1. The van der Waals surface area contributed by atoms with Gasteiger partial charge in [-0.1, -0.05) is 0 Å². The van der Waals surface area contributed by atoms with Gasteiger partial charge in [0.2, 0.25) is 0 Å². The molecule has 0 saturated carbocycles. The van der Waals surface area contributed by atoms with Crippen LogP contribution in [0.4, 0.5) is 0 Å². The molecular weight excluding hydrogens is 302 g/mol. The van der Waals surface area contributed by atoms with E-state index in [4.69, 9.17) is 0 Å². The summed E-state index contributed by atoms with van der Waals surface area (Å²) in [6, 6.07) is 6.06. The summed E-state index contributed by atoms with van der Waals surface area (Å²) in [5, 5.41) is 10.5. The van der Waals surface area contributed by atoms with Crippen molar-refractivity contribution >= 4 is 18.3 Å². The number of carbonyl (C=O) groups excluding carboxylic acids is 1. The summed E-state index contributed by atoms with van der Waals surface area (Å²) in [4.78, 5) is 16.2. The van der Waals surface area contributed by atoms with Crippen LogP contribution in [0, 0.1) is 6.92 Å². The van der Waals surface area contributed by atoms with Gasteiger partial charge in [0.05, 0.1) is 5.69 Å². The Morgan fingerprint density at radius 2 is 2.36 bits per heavy atom. The molecule has 1 unspecified atom stereocenters. The highest BCUT2D eigenvalue weighted by Gasteiger charge is 2.16. The van der Waals surface area contributed by atoms with Gasteiger partial charge in [-0.25, -0.2) is 9.67 Å². The fourth-order valence-electron chi connectivity index (χ4n) is 2.63. The maximum atomic E-state index is 12.2. The second kappa shape index (κ2) is 7.38. The molecule has 22 heavy (non-hydrogen) atoms. The Labute approximate surface area is 135 Å². The highest BCUT2D eigenvalue weighted by Crippen LogP contribution is 2.14. The van der Waals surface area contributed by atoms with Crippen molar-refractivity contribution in [3.05, 3.63) is 42.0 Å². The standard InChI is InChI=1S/C15H19N5O.ClH/c1-11-7-13(20-10-16-9-19-20)4-5-14(11)15(21)18-8-12-3-2-6-17-12;/h4-5,7,9-10,12,17H,2-3,6,8H2,1H3,(H,18,21);1H. The van der Waals surface area contributed by atoms with Crippen molar-refractivity contribution in [2.24, 2.45) is 0 Å². The monoisotopic (exact) mass is 321 g/mol. The molecule has 7 heteroatoms. The first kappa shape index (κ1) is 16.5. The van der Waals surface area contributed by atoms with Crippen molar-refractivity contribution in [1.29, 1.82) is 0 Å². The van der Waals surface area contributed by atoms with E-state index in [1.807, 2.05) is 25.1 Å². The summed E-state index contributed by atoms with van der Waals surface area (Å²) >= 11 is 0.